The topological polar surface area (TPSA) is 55.1 Å². The lowest BCUT2D eigenvalue weighted by Crippen LogP contribution is -2.56. The van der Waals surface area contributed by atoms with Crippen LogP contribution in [-0.2, 0) is 11.3 Å². The summed E-state index contributed by atoms with van der Waals surface area (Å²) in [6, 6.07) is 1.90. The third-order valence-electron chi connectivity index (χ3n) is 10.6. The molecule has 0 amide bonds. The van der Waals surface area contributed by atoms with Crippen molar-refractivity contribution in [2.75, 3.05) is 0 Å². The van der Waals surface area contributed by atoms with Gasteiger partial charge in [0.25, 0.3) is 0 Å². The van der Waals surface area contributed by atoms with Crippen molar-refractivity contribution in [2.24, 2.45) is 40.4 Å². The highest BCUT2D eigenvalue weighted by Crippen LogP contribution is 2.69. The molecular formula is C26H40N2O2. The smallest absolute Gasteiger partial charge is 0.157 e. The maximum Gasteiger partial charge on any atom is 0.157 e. The summed E-state index contributed by atoms with van der Waals surface area (Å²) >= 11 is 0. The minimum Gasteiger partial charge on any atom is -0.390 e. The van der Waals surface area contributed by atoms with Gasteiger partial charge >= 0.3 is 0 Å². The molecule has 30 heavy (non-hydrogen) atoms. The largest absolute Gasteiger partial charge is 0.390 e. The van der Waals surface area contributed by atoms with E-state index < -0.39 is 5.60 Å². The molecule has 4 aliphatic rings. The molecule has 1 N–H and O–H groups in total. The molecule has 1 aromatic heterocycles. The van der Waals surface area contributed by atoms with Crippen molar-refractivity contribution in [2.45, 2.75) is 97.1 Å². The predicted molar refractivity (Wildman–Crippen MR) is 118 cm³/mol. The van der Waals surface area contributed by atoms with Crippen LogP contribution >= 0.6 is 0 Å². The van der Waals surface area contributed by atoms with Crippen LogP contribution in [0.3, 0.4) is 0 Å². The van der Waals surface area contributed by atoms with Crippen LogP contribution in [0.15, 0.2) is 18.5 Å². The standard InChI is InChI=1S/C26H40N2O2/c1-4-26-13-12-24(2,30)16-18(26)6-7-19-20-8-9-22(25(20,3)11-10-21(19)26)23(29)17-28-15-5-14-27-28/h5,14-15,18-22,30H,4,6-13,16-17H2,1-3H3/t18-,19?,20?,21?,22-,24-,25+,26+/m1/s1. The zero-order chi connectivity index (χ0) is 21.1. The fourth-order valence-electron chi connectivity index (χ4n) is 9.14. The van der Waals surface area contributed by atoms with E-state index in [1.165, 1.54) is 44.9 Å². The summed E-state index contributed by atoms with van der Waals surface area (Å²) in [4.78, 5) is 13.3. The highest BCUT2D eigenvalue weighted by molar-refractivity contribution is 5.82. The number of Topliss-reactive ketones (excluding diaryl/α,β-unsaturated/α-hetero) is 1. The lowest BCUT2D eigenvalue weighted by Gasteiger charge is -2.63. The normalized spacial score (nSPS) is 47.9. The number of carbonyl (C=O) groups is 1. The average Bonchev–Trinajstić information content (AvgIpc) is 3.34. The zero-order valence-corrected chi connectivity index (χ0v) is 19.1. The van der Waals surface area contributed by atoms with Gasteiger partial charge in [0, 0.05) is 18.3 Å². The molecule has 4 aliphatic carbocycles. The van der Waals surface area contributed by atoms with Gasteiger partial charge in [-0.1, -0.05) is 13.8 Å². The molecule has 0 spiro atoms. The summed E-state index contributed by atoms with van der Waals surface area (Å²) in [6.45, 7) is 7.35. The fraction of sp³-hybridized carbons (Fsp3) is 0.846. The number of nitrogens with zero attached hydrogens (tertiary/aromatic N) is 2. The third kappa shape index (κ3) is 3.04. The molecule has 166 valence electrons. The van der Waals surface area contributed by atoms with Gasteiger partial charge in [-0.2, -0.15) is 5.10 Å². The van der Waals surface area contributed by atoms with Crippen LogP contribution in [0.25, 0.3) is 0 Å². The fourth-order valence-corrected chi connectivity index (χ4v) is 9.14. The summed E-state index contributed by atoms with van der Waals surface area (Å²) in [5.74, 6) is 3.58. The van der Waals surface area contributed by atoms with E-state index in [-0.39, 0.29) is 11.3 Å². The van der Waals surface area contributed by atoms with Crippen LogP contribution < -0.4 is 0 Å². The predicted octanol–water partition coefficient (Wildman–Crippen LogP) is 5.25. The number of rotatable bonds is 4. The Morgan fingerprint density at radius 3 is 2.67 bits per heavy atom. The van der Waals surface area contributed by atoms with Gasteiger partial charge in [-0.3, -0.25) is 9.48 Å². The van der Waals surface area contributed by atoms with E-state index >= 15 is 0 Å². The lowest BCUT2D eigenvalue weighted by molar-refractivity contribution is -0.158. The molecule has 4 nitrogen and oxygen atoms in total. The van der Waals surface area contributed by atoms with Crippen molar-refractivity contribution in [1.29, 1.82) is 0 Å². The van der Waals surface area contributed by atoms with Gasteiger partial charge in [-0.15, -0.1) is 0 Å². The Morgan fingerprint density at radius 1 is 1.10 bits per heavy atom. The van der Waals surface area contributed by atoms with Crippen molar-refractivity contribution in [1.82, 2.24) is 9.78 Å². The van der Waals surface area contributed by atoms with Crippen LogP contribution in [0.2, 0.25) is 0 Å². The van der Waals surface area contributed by atoms with Crippen LogP contribution in [0, 0.1) is 40.4 Å². The van der Waals surface area contributed by atoms with Gasteiger partial charge in [-0.05, 0) is 112 Å². The molecule has 0 aliphatic heterocycles. The van der Waals surface area contributed by atoms with Crippen molar-refractivity contribution in [3.8, 4) is 0 Å². The zero-order valence-electron chi connectivity index (χ0n) is 19.1. The monoisotopic (exact) mass is 412 g/mol. The molecular weight excluding hydrogens is 372 g/mol. The molecule has 1 heterocycles. The van der Waals surface area contributed by atoms with E-state index in [1.54, 1.807) is 10.9 Å². The molecule has 1 aromatic rings. The number of carbonyl (C=O) groups excluding carboxylic acids is 1. The molecule has 4 heteroatoms. The minimum atomic E-state index is -0.462. The first-order valence-electron chi connectivity index (χ1n) is 12.5. The van der Waals surface area contributed by atoms with E-state index in [9.17, 15) is 9.90 Å². The van der Waals surface area contributed by atoms with Gasteiger partial charge in [0.15, 0.2) is 5.78 Å². The highest BCUT2D eigenvalue weighted by Gasteiger charge is 2.62. The van der Waals surface area contributed by atoms with Gasteiger partial charge < -0.3 is 5.11 Å². The van der Waals surface area contributed by atoms with E-state index in [0.717, 1.165) is 31.1 Å². The second kappa shape index (κ2) is 7.18. The maximum atomic E-state index is 13.3. The Kier molecular flexibility index (Phi) is 4.96. The van der Waals surface area contributed by atoms with Gasteiger partial charge in [0.2, 0.25) is 0 Å². The molecule has 0 radical (unpaired) electrons. The first-order chi connectivity index (χ1) is 14.3. The van der Waals surface area contributed by atoms with Crippen molar-refractivity contribution in [3.05, 3.63) is 18.5 Å². The Balaban J connectivity index is 1.38. The average molecular weight is 413 g/mol. The van der Waals surface area contributed by atoms with Gasteiger partial charge in [0.1, 0.15) is 0 Å². The van der Waals surface area contributed by atoms with Crippen molar-refractivity contribution >= 4 is 5.78 Å². The summed E-state index contributed by atoms with van der Waals surface area (Å²) in [6.07, 6.45) is 15.5. The second-order valence-corrected chi connectivity index (χ2v) is 11.8. The van der Waals surface area contributed by atoms with Crippen molar-refractivity contribution in [3.63, 3.8) is 0 Å². The Morgan fingerprint density at radius 2 is 1.93 bits per heavy atom. The number of hydrogen-bond donors (Lipinski definition) is 1. The van der Waals surface area contributed by atoms with Crippen LogP contribution in [0.1, 0.15) is 85.0 Å². The second-order valence-electron chi connectivity index (χ2n) is 11.8. The van der Waals surface area contributed by atoms with Gasteiger partial charge in [0.05, 0.1) is 12.1 Å². The summed E-state index contributed by atoms with van der Waals surface area (Å²) < 4.78 is 1.80. The molecule has 0 saturated heterocycles. The maximum absolute atomic E-state index is 13.3. The highest BCUT2D eigenvalue weighted by atomic mass is 16.3. The van der Waals surface area contributed by atoms with Crippen LogP contribution in [0.4, 0.5) is 0 Å². The Labute approximate surface area is 181 Å². The SMILES string of the molecule is CC[C@]12CC[C@@](C)(O)C[C@H]1CCC1C2CC[C@@]2(C)C1CC[C@@H]2C(=O)Cn1cccn1. The first-order valence-corrected chi connectivity index (χ1v) is 12.5. The first kappa shape index (κ1) is 20.7. The van der Waals surface area contributed by atoms with Crippen LogP contribution in [-0.4, -0.2) is 26.3 Å². The van der Waals surface area contributed by atoms with E-state index in [1.807, 2.05) is 12.3 Å². The van der Waals surface area contributed by atoms with E-state index in [4.69, 9.17) is 0 Å². The molecule has 4 saturated carbocycles. The molecule has 3 unspecified atom stereocenters. The molecule has 4 fully saturated rings. The number of aliphatic hydroxyl groups is 1. The summed E-state index contributed by atoms with van der Waals surface area (Å²) in [5.41, 5.74) is 0.147. The van der Waals surface area contributed by atoms with E-state index in [0.29, 0.717) is 29.6 Å². The quantitative estimate of drug-likeness (QED) is 0.734. The molecule has 8 atom stereocenters. The molecule has 0 bridgehead atoms. The number of fused-ring (bicyclic) bond motifs is 5. The van der Waals surface area contributed by atoms with Gasteiger partial charge in [-0.25, -0.2) is 0 Å². The number of ketones is 1. The third-order valence-corrected chi connectivity index (χ3v) is 10.6. The summed E-state index contributed by atoms with van der Waals surface area (Å²) in [7, 11) is 0. The Hall–Kier alpha value is -1.16. The number of hydrogen-bond acceptors (Lipinski definition) is 3. The summed E-state index contributed by atoms with van der Waals surface area (Å²) in [5, 5.41) is 15.0. The molecule has 5 rings (SSSR count). The van der Waals surface area contributed by atoms with Crippen molar-refractivity contribution < 1.29 is 9.90 Å². The Bertz CT molecular complexity index is 787. The minimum absolute atomic E-state index is 0.174. The van der Waals surface area contributed by atoms with Crippen LogP contribution in [0.5, 0.6) is 0 Å². The lowest BCUT2D eigenvalue weighted by atomic mass is 9.42. The number of aromatic nitrogens is 2. The molecule has 0 aromatic carbocycles. The van der Waals surface area contributed by atoms with E-state index in [2.05, 4.69) is 25.9 Å².